The lowest BCUT2D eigenvalue weighted by Gasteiger charge is -2.41. The molecular weight excluding hydrogens is 358 g/mol. The van der Waals surface area contributed by atoms with Crippen LogP contribution < -0.4 is 4.90 Å². The molecule has 1 unspecified atom stereocenters. The fourth-order valence-electron chi connectivity index (χ4n) is 3.68. The van der Waals surface area contributed by atoms with Crippen molar-refractivity contribution in [3.8, 4) is 6.07 Å². The lowest BCUT2D eigenvalue weighted by molar-refractivity contribution is 0.220. The summed E-state index contributed by atoms with van der Waals surface area (Å²) in [6.45, 7) is 5.95. The lowest BCUT2D eigenvalue weighted by atomic mass is 10.1. The zero-order chi connectivity index (χ0) is 18.8. The van der Waals surface area contributed by atoms with Crippen LogP contribution in [0.2, 0.25) is 5.02 Å². The Morgan fingerprint density at radius 2 is 1.96 bits per heavy atom. The molecule has 2 heterocycles. The van der Waals surface area contributed by atoms with Crippen molar-refractivity contribution in [3.63, 3.8) is 0 Å². The second-order valence-electron chi connectivity index (χ2n) is 6.95. The summed E-state index contributed by atoms with van der Waals surface area (Å²) in [7, 11) is 0. The number of fused-ring (bicyclic) bond motifs is 1. The number of hydrogen-bond acceptors (Lipinski definition) is 5. The molecule has 2 aromatic carbocycles. The topological polar surface area (TPSA) is 56.1 Å². The van der Waals surface area contributed by atoms with Crippen LogP contribution >= 0.6 is 11.6 Å². The molecule has 0 aliphatic carbocycles. The van der Waals surface area contributed by atoms with Gasteiger partial charge in [0, 0.05) is 42.6 Å². The van der Waals surface area contributed by atoms with Crippen LogP contribution in [0.5, 0.6) is 0 Å². The van der Waals surface area contributed by atoms with Gasteiger partial charge in [-0.3, -0.25) is 4.90 Å². The van der Waals surface area contributed by atoms with Gasteiger partial charge < -0.3 is 4.90 Å². The van der Waals surface area contributed by atoms with Crippen LogP contribution in [-0.2, 0) is 6.54 Å². The zero-order valence-electron chi connectivity index (χ0n) is 15.1. The van der Waals surface area contributed by atoms with Crippen molar-refractivity contribution in [2.75, 3.05) is 24.5 Å². The molecule has 1 aliphatic rings. The van der Waals surface area contributed by atoms with Crippen molar-refractivity contribution in [2.24, 2.45) is 0 Å². The molecule has 1 saturated heterocycles. The van der Waals surface area contributed by atoms with Crippen molar-refractivity contribution < 1.29 is 0 Å². The average molecular weight is 378 g/mol. The Labute approximate surface area is 163 Å². The van der Waals surface area contributed by atoms with Gasteiger partial charge in [0.25, 0.3) is 0 Å². The van der Waals surface area contributed by atoms with Crippen molar-refractivity contribution in [1.82, 2.24) is 14.9 Å². The molecule has 0 saturated carbocycles. The number of rotatable bonds is 3. The van der Waals surface area contributed by atoms with E-state index < -0.39 is 0 Å². The van der Waals surface area contributed by atoms with E-state index in [1.54, 1.807) is 6.33 Å². The number of nitriles is 1. The summed E-state index contributed by atoms with van der Waals surface area (Å²) in [6, 6.07) is 16.1. The number of benzene rings is 2. The lowest BCUT2D eigenvalue weighted by Crippen LogP contribution is -2.52. The largest absolute Gasteiger partial charge is 0.351 e. The van der Waals surface area contributed by atoms with Crippen molar-refractivity contribution >= 4 is 28.3 Å². The molecule has 1 atom stereocenters. The van der Waals surface area contributed by atoms with E-state index in [2.05, 4.69) is 32.8 Å². The van der Waals surface area contributed by atoms with Crippen LogP contribution in [0.15, 0.2) is 48.8 Å². The number of hydrogen-bond donors (Lipinski definition) is 0. The monoisotopic (exact) mass is 377 g/mol. The van der Waals surface area contributed by atoms with E-state index in [1.807, 2.05) is 42.5 Å². The number of halogens is 1. The van der Waals surface area contributed by atoms with Gasteiger partial charge in [-0.25, -0.2) is 9.97 Å². The molecule has 27 heavy (non-hydrogen) atoms. The van der Waals surface area contributed by atoms with Gasteiger partial charge in [-0.05, 0) is 42.8 Å². The van der Waals surface area contributed by atoms with Crippen molar-refractivity contribution in [1.29, 1.82) is 5.26 Å². The van der Waals surface area contributed by atoms with Crippen molar-refractivity contribution in [3.05, 3.63) is 64.9 Å². The normalized spacial score (nSPS) is 17.8. The van der Waals surface area contributed by atoms with E-state index in [9.17, 15) is 0 Å². The van der Waals surface area contributed by atoms with Crippen LogP contribution in [0.1, 0.15) is 18.1 Å². The number of anilines is 1. The molecule has 1 aliphatic heterocycles. The summed E-state index contributed by atoms with van der Waals surface area (Å²) < 4.78 is 0. The maximum absolute atomic E-state index is 8.93. The highest BCUT2D eigenvalue weighted by atomic mass is 35.5. The Balaban J connectivity index is 1.50. The maximum atomic E-state index is 8.93. The smallest absolute Gasteiger partial charge is 0.140 e. The minimum atomic E-state index is 0.339. The van der Waals surface area contributed by atoms with Crippen LogP contribution in [-0.4, -0.2) is 40.5 Å². The molecule has 136 valence electrons. The van der Waals surface area contributed by atoms with Gasteiger partial charge in [0.1, 0.15) is 12.1 Å². The Hall–Kier alpha value is -2.68. The standard InChI is InChI=1S/C21H20ClN5/c1-15-12-26(13-17-4-2-16(11-23)3-5-17)8-9-27(15)21-19-7-6-18(22)10-20(19)24-14-25-21/h2-7,10,14-15H,8-9,12-13H2,1H3. The summed E-state index contributed by atoms with van der Waals surface area (Å²) in [5, 5.41) is 10.7. The fraction of sp³-hybridized carbons (Fsp3) is 0.286. The van der Waals surface area contributed by atoms with E-state index in [0.29, 0.717) is 16.6 Å². The second kappa shape index (κ2) is 7.51. The molecule has 3 aromatic rings. The summed E-state index contributed by atoms with van der Waals surface area (Å²) in [4.78, 5) is 13.7. The highest BCUT2D eigenvalue weighted by molar-refractivity contribution is 6.31. The Bertz CT molecular complexity index is 996. The molecule has 0 spiro atoms. The molecule has 1 aromatic heterocycles. The SMILES string of the molecule is CC1CN(Cc2ccc(C#N)cc2)CCN1c1ncnc2cc(Cl)ccc12. The third kappa shape index (κ3) is 3.73. The fourth-order valence-corrected chi connectivity index (χ4v) is 3.85. The molecular formula is C21H20ClN5. The summed E-state index contributed by atoms with van der Waals surface area (Å²) in [5.41, 5.74) is 2.81. The minimum absolute atomic E-state index is 0.339. The highest BCUT2D eigenvalue weighted by Gasteiger charge is 2.26. The van der Waals surface area contributed by atoms with E-state index in [0.717, 1.165) is 42.9 Å². The molecule has 4 rings (SSSR count). The summed E-state index contributed by atoms with van der Waals surface area (Å²) in [5.74, 6) is 0.974. The number of nitrogens with zero attached hydrogens (tertiary/aromatic N) is 5. The van der Waals surface area contributed by atoms with Gasteiger partial charge in [-0.15, -0.1) is 0 Å². The average Bonchev–Trinajstić information content (AvgIpc) is 2.68. The van der Waals surface area contributed by atoms with Gasteiger partial charge in [0.15, 0.2) is 0 Å². The van der Waals surface area contributed by atoms with Crippen LogP contribution in [0, 0.1) is 11.3 Å². The molecule has 0 amide bonds. The van der Waals surface area contributed by atoms with E-state index in [-0.39, 0.29) is 0 Å². The van der Waals surface area contributed by atoms with Gasteiger partial charge in [0.2, 0.25) is 0 Å². The van der Waals surface area contributed by atoms with E-state index in [1.165, 1.54) is 5.56 Å². The molecule has 0 N–H and O–H groups in total. The minimum Gasteiger partial charge on any atom is -0.351 e. The van der Waals surface area contributed by atoms with Gasteiger partial charge in [-0.1, -0.05) is 23.7 Å². The first-order valence-corrected chi connectivity index (χ1v) is 9.40. The van der Waals surface area contributed by atoms with Crippen LogP contribution in [0.4, 0.5) is 5.82 Å². The first-order chi connectivity index (χ1) is 13.1. The highest BCUT2D eigenvalue weighted by Crippen LogP contribution is 2.28. The van der Waals surface area contributed by atoms with Crippen molar-refractivity contribution in [2.45, 2.75) is 19.5 Å². The predicted molar refractivity (Wildman–Crippen MR) is 108 cm³/mol. The summed E-state index contributed by atoms with van der Waals surface area (Å²) in [6.07, 6.45) is 1.61. The third-order valence-corrected chi connectivity index (χ3v) is 5.29. The molecule has 6 heteroatoms. The second-order valence-corrected chi connectivity index (χ2v) is 7.38. The van der Waals surface area contributed by atoms with Gasteiger partial charge >= 0.3 is 0 Å². The number of piperazine rings is 1. The van der Waals surface area contributed by atoms with Crippen LogP contribution in [0.3, 0.4) is 0 Å². The zero-order valence-corrected chi connectivity index (χ0v) is 15.9. The third-order valence-electron chi connectivity index (χ3n) is 5.05. The number of aromatic nitrogens is 2. The van der Waals surface area contributed by atoms with E-state index in [4.69, 9.17) is 16.9 Å². The first kappa shape index (κ1) is 17.7. The molecule has 0 radical (unpaired) electrons. The summed E-state index contributed by atoms with van der Waals surface area (Å²) >= 11 is 6.10. The Kier molecular flexibility index (Phi) is 4.93. The quantitative estimate of drug-likeness (QED) is 0.693. The maximum Gasteiger partial charge on any atom is 0.140 e. The Morgan fingerprint density at radius 1 is 1.15 bits per heavy atom. The predicted octanol–water partition coefficient (Wildman–Crippen LogP) is 3.87. The van der Waals surface area contributed by atoms with E-state index >= 15 is 0 Å². The van der Waals surface area contributed by atoms with Gasteiger partial charge in [0.05, 0.1) is 17.1 Å². The molecule has 0 bridgehead atoms. The van der Waals surface area contributed by atoms with Gasteiger partial charge in [-0.2, -0.15) is 5.26 Å². The Morgan fingerprint density at radius 3 is 2.70 bits per heavy atom. The van der Waals surface area contributed by atoms with Crippen LogP contribution in [0.25, 0.3) is 10.9 Å². The molecule has 1 fully saturated rings. The molecule has 5 nitrogen and oxygen atoms in total. The first-order valence-electron chi connectivity index (χ1n) is 9.02.